The molecule has 1 fully saturated rings. The highest BCUT2D eigenvalue weighted by atomic mass is 32.2. The van der Waals surface area contributed by atoms with Gasteiger partial charge in [-0.1, -0.05) is 30.3 Å². The van der Waals surface area contributed by atoms with Crippen LogP contribution in [0, 0.1) is 0 Å². The number of hydrogen-bond donors (Lipinski definition) is 2. The van der Waals surface area contributed by atoms with Crippen molar-refractivity contribution in [2.75, 3.05) is 7.05 Å². The maximum absolute atomic E-state index is 12.6. The van der Waals surface area contributed by atoms with E-state index in [4.69, 9.17) is 0 Å². The van der Waals surface area contributed by atoms with Gasteiger partial charge in [0.15, 0.2) is 0 Å². The molecule has 0 unspecified atom stereocenters. The van der Waals surface area contributed by atoms with Gasteiger partial charge >= 0.3 is 0 Å². The van der Waals surface area contributed by atoms with E-state index < -0.39 is 10.0 Å². The van der Waals surface area contributed by atoms with Crippen molar-refractivity contribution in [1.29, 1.82) is 0 Å². The van der Waals surface area contributed by atoms with Gasteiger partial charge in [-0.3, -0.25) is 4.79 Å². The first-order valence-electron chi connectivity index (χ1n) is 8.89. The molecule has 138 valence electrons. The van der Waals surface area contributed by atoms with Gasteiger partial charge in [-0.25, -0.2) is 13.1 Å². The summed E-state index contributed by atoms with van der Waals surface area (Å²) >= 11 is 0. The minimum absolute atomic E-state index is 0.0430. The number of benzene rings is 2. The van der Waals surface area contributed by atoms with Gasteiger partial charge < -0.3 is 5.32 Å². The van der Waals surface area contributed by atoms with E-state index in [1.807, 2.05) is 18.2 Å². The molecule has 1 saturated carbocycles. The monoisotopic (exact) mass is 372 g/mol. The summed E-state index contributed by atoms with van der Waals surface area (Å²) in [6, 6.07) is 16.4. The minimum Gasteiger partial charge on any atom is -0.355 e. The topological polar surface area (TPSA) is 75.3 Å². The van der Waals surface area contributed by atoms with E-state index in [0.29, 0.717) is 11.5 Å². The lowest BCUT2D eigenvalue weighted by molar-refractivity contribution is 0.0963. The number of rotatable bonds is 5. The molecule has 1 aliphatic carbocycles. The molecule has 1 aliphatic rings. The largest absolute Gasteiger partial charge is 0.355 e. The first kappa shape index (κ1) is 18.6. The lowest BCUT2D eigenvalue weighted by atomic mass is 9.82. The highest BCUT2D eigenvalue weighted by molar-refractivity contribution is 7.89. The van der Waals surface area contributed by atoms with E-state index >= 15 is 0 Å². The van der Waals surface area contributed by atoms with Gasteiger partial charge in [0.05, 0.1) is 4.90 Å². The molecule has 0 aromatic heterocycles. The van der Waals surface area contributed by atoms with Crippen molar-refractivity contribution in [2.24, 2.45) is 0 Å². The normalized spacial score (nSPS) is 20.5. The maximum atomic E-state index is 12.6. The number of nitrogens with one attached hydrogen (secondary N) is 2. The van der Waals surface area contributed by atoms with Crippen LogP contribution in [0.15, 0.2) is 59.5 Å². The summed E-state index contributed by atoms with van der Waals surface area (Å²) in [7, 11) is -2.03. The molecule has 5 nitrogen and oxygen atoms in total. The molecule has 0 aliphatic heterocycles. The molecule has 3 rings (SSSR count). The van der Waals surface area contributed by atoms with Gasteiger partial charge in [-0.2, -0.15) is 0 Å². The molecular formula is C20H24N2O3S. The van der Waals surface area contributed by atoms with Crippen molar-refractivity contribution in [3.63, 3.8) is 0 Å². The lowest BCUT2D eigenvalue weighted by Gasteiger charge is -2.29. The Hall–Kier alpha value is -2.18. The standard InChI is InChI=1S/C20H24N2O3S/c1-21-20(23)17-9-13-19(14-10-17)26(24,25)22-18-11-7-16(8-12-18)15-5-3-2-4-6-15/h2-6,9-10,13-14,16,18,22H,7-8,11-12H2,1H3,(H,21,23). The molecule has 0 heterocycles. The molecule has 2 aromatic rings. The predicted octanol–water partition coefficient (Wildman–Crippen LogP) is 3.05. The maximum Gasteiger partial charge on any atom is 0.251 e. The minimum atomic E-state index is -3.57. The number of carbonyl (C=O) groups is 1. The van der Waals surface area contributed by atoms with Crippen LogP contribution in [0.2, 0.25) is 0 Å². The van der Waals surface area contributed by atoms with Gasteiger partial charge in [-0.05, 0) is 61.4 Å². The molecule has 0 saturated heterocycles. The fourth-order valence-corrected chi connectivity index (χ4v) is 4.79. The number of amides is 1. The number of carbonyl (C=O) groups excluding carboxylic acids is 1. The fraction of sp³-hybridized carbons (Fsp3) is 0.350. The zero-order valence-electron chi connectivity index (χ0n) is 14.8. The van der Waals surface area contributed by atoms with Gasteiger partial charge in [0.25, 0.3) is 5.91 Å². The van der Waals surface area contributed by atoms with E-state index in [1.165, 1.54) is 29.8 Å². The third-order valence-electron chi connectivity index (χ3n) is 4.97. The second kappa shape index (κ2) is 8.01. The van der Waals surface area contributed by atoms with Gasteiger partial charge in [0.1, 0.15) is 0 Å². The molecular weight excluding hydrogens is 348 g/mol. The third kappa shape index (κ3) is 4.31. The summed E-state index contributed by atoms with van der Waals surface area (Å²) in [5.74, 6) is 0.268. The third-order valence-corrected chi connectivity index (χ3v) is 6.51. The van der Waals surface area contributed by atoms with Gasteiger partial charge in [0.2, 0.25) is 10.0 Å². The van der Waals surface area contributed by atoms with E-state index in [-0.39, 0.29) is 16.8 Å². The highest BCUT2D eigenvalue weighted by Gasteiger charge is 2.26. The molecule has 2 N–H and O–H groups in total. The predicted molar refractivity (Wildman–Crippen MR) is 102 cm³/mol. The number of sulfonamides is 1. The zero-order valence-corrected chi connectivity index (χ0v) is 15.6. The molecule has 0 atom stereocenters. The highest BCUT2D eigenvalue weighted by Crippen LogP contribution is 2.33. The van der Waals surface area contributed by atoms with E-state index in [1.54, 1.807) is 7.05 Å². The summed E-state index contributed by atoms with van der Waals surface area (Å²) in [5.41, 5.74) is 1.77. The lowest BCUT2D eigenvalue weighted by Crippen LogP contribution is -2.37. The summed E-state index contributed by atoms with van der Waals surface area (Å²) in [4.78, 5) is 11.8. The van der Waals surface area contributed by atoms with E-state index in [2.05, 4.69) is 22.2 Å². The van der Waals surface area contributed by atoms with E-state index in [0.717, 1.165) is 25.7 Å². The Morgan fingerprint density at radius 3 is 2.12 bits per heavy atom. The van der Waals surface area contributed by atoms with Crippen LogP contribution < -0.4 is 10.0 Å². The Morgan fingerprint density at radius 1 is 0.923 bits per heavy atom. The summed E-state index contributed by atoms with van der Waals surface area (Å²) in [6.45, 7) is 0. The second-order valence-corrected chi connectivity index (χ2v) is 8.40. The van der Waals surface area contributed by atoms with Crippen molar-refractivity contribution in [1.82, 2.24) is 10.0 Å². The van der Waals surface area contributed by atoms with Crippen LogP contribution in [0.1, 0.15) is 47.5 Å². The molecule has 0 spiro atoms. The first-order valence-corrected chi connectivity index (χ1v) is 10.4. The first-order chi connectivity index (χ1) is 12.5. The van der Waals surface area contributed by atoms with E-state index in [9.17, 15) is 13.2 Å². The Morgan fingerprint density at radius 2 is 1.54 bits per heavy atom. The van der Waals surface area contributed by atoms with Gasteiger partial charge in [-0.15, -0.1) is 0 Å². The van der Waals surface area contributed by atoms with Gasteiger partial charge in [0, 0.05) is 18.7 Å². The van der Waals surface area contributed by atoms with Crippen molar-refractivity contribution in [3.05, 3.63) is 65.7 Å². The quantitative estimate of drug-likeness (QED) is 0.847. The van der Waals surface area contributed by atoms with Crippen molar-refractivity contribution < 1.29 is 13.2 Å². The van der Waals surface area contributed by atoms with Crippen molar-refractivity contribution >= 4 is 15.9 Å². The molecule has 0 radical (unpaired) electrons. The molecule has 6 heteroatoms. The van der Waals surface area contributed by atoms with Crippen LogP contribution >= 0.6 is 0 Å². The van der Waals surface area contributed by atoms with Crippen LogP contribution in [-0.2, 0) is 10.0 Å². The Kier molecular flexibility index (Phi) is 5.74. The molecule has 1 amide bonds. The summed E-state index contributed by atoms with van der Waals surface area (Å²) < 4.78 is 28.0. The summed E-state index contributed by atoms with van der Waals surface area (Å²) in [5, 5.41) is 2.52. The zero-order chi connectivity index (χ0) is 18.6. The van der Waals surface area contributed by atoms with Crippen molar-refractivity contribution in [3.8, 4) is 0 Å². The van der Waals surface area contributed by atoms with Crippen LogP contribution in [0.4, 0.5) is 0 Å². The molecule has 2 aromatic carbocycles. The Bertz CT molecular complexity index is 840. The average Bonchev–Trinajstić information content (AvgIpc) is 2.68. The summed E-state index contributed by atoms with van der Waals surface area (Å²) in [6.07, 6.45) is 3.61. The fourth-order valence-electron chi connectivity index (χ4n) is 3.49. The number of hydrogen-bond acceptors (Lipinski definition) is 3. The van der Waals surface area contributed by atoms with Crippen LogP contribution in [0.5, 0.6) is 0 Å². The Labute approximate surface area is 154 Å². The molecule has 26 heavy (non-hydrogen) atoms. The second-order valence-electron chi connectivity index (χ2n) is 6.68. The smallest absolute Gasteiger partial charge is 0.251 e. The van der Waals surface area contributed by atoms with Crippen LogP contribution in [0.3, 0.4) is 0 Å². The SMILES string of the molecule is CNC(=O)c1ccc(S(=O)(=O)NC2CCC(c3ccccc3)CC2)cc1. The van der Waals surface area contributed by atoms with Crippen LogP contribution in [0.25, 0.3) is 0 Å². The van der Waals surface area contributed by atoms with Crippen LogP contribution in [-0.4, -0.2) is 27.4 Å². The Balaban J connectivity index is 1.61. The molecule has 0 bridgehead atoms. The average molecular weight is 372 g/mol. The van der Waals surface area contributed by atoms with Crippen molar-refractivity contribution in [2.45, 2.75) is 42.5 Å².